The quantitative estimate of drug-likeness (QED) is 0.688. The Labute approximate surface area is 110 Å². The first-order chi connectivity index (χ1) is 8.59. The number of hydrogen-bond acceptors (Lipinski definition) is 2. The number of unbranched alkanes of at least 4 members (excludes halogenated alkanes) is 3. The average Bonchev–Trinajstić information content (AvgIpc) is 2.38. The number of rotatable bonds is 8. The summed E-state index contributed by atoms with van der Waals surface area (Å²) in [5.74, 6) is -0.210. The van der Waals surface area contributed by atoms with Crippen molar-refractivity contribution in [3.05, 3.63) is 30.1 Å². The summed E-state index contributed by atoms with van der Waals surface area (Å²) in [5, 5.41) is 3.42. The molecule has 102 valence electrons. The van der Waals surface area contributed by atoms with Crippen LogP contribution in [0.5, 0.6) is 0 Å². The van der Waals surface area contributed by atoms with Gasteiger partial charge in [-0.25, -0.2) is 4.39 Å². The molecule has 0 fully saturated rings. The lowest BCUT2D eigenvalue weighted by Crippen LogP contribution is -2.42. The summed E-state index contributed by atoms with van der Waals surface area (Å²) in [6.45, 7) is 4.91. The molecule has 0 aliphatic carbocycles. The molecule has 0 aliphatic heterocycles. The van der Waals surface area contributed by atoms with E-state index in [2.05, 4.69) is 19.2 Å². The van der Waals surface area contributed by atoms with Crippen LogP contribution >= 0.6 is 0 Å². The monoisotopic (exact) mass is 252 g/mol. The first-order valence-electron chi connectivity index (χ1n) is 6.83. The second-order valence-corrected chi connectivity index (χ2v) is 5.21. The van der Waals surface area contributed by atoms with Crippen molar-refractivity contribution in [2.24, 2.45) is 5.73 Å². The molecule has 0 bridgehead atoms. The van der Waals surface area contributed by atoms with Gasteiger partial charge in [-0.2, -0.15) is 0 Å². The summed E-state index contributed by atoms with van der Waals surface area (Å²) < 4.78 is 12.8. The molecular weight excluding hydrogens is 227 g/mol. The summed E-state index contributed by atoms with van der Waals surface area (Å²) in [6.07, 6.45) is 5.98. The van der Waals surface area contributed by atoms with Gasteiger partial charge in [-0.3, -0.25) is 0 Å². The molecule has 2 nitrogen and oxygen atoms in total. The maximum atomic E-state index is 12.8. The van der Waals surface area contributed by atoms with Crippen molar-refractivity contribution >= 4 is 5.69 Å². The molecule has 3 heteroatoms. The van der Waals surface area contributed by atoms with E-state index in [4.69, 9.17) is 5.73 Å². The first kappa shape index (κ1) is 15.0. The molecule has 1 aromatic carbocycles. The Hall–Kier alpha value is -1.09. The molecule has 0 saturated carbocycles. The SMILES string of the molecule is CCCCCCC(C)(CN)Nc1ccc(F)cc1. The number of halogens is 1. The Morgan fingerprint density at radius 1 is 1.17 bits per heavy atom. The molecule has 1 aromatic rings. The predicted octanol–water partition coefficient (Wildman–Crippen LogP) is 3.93. The third-order valence-corrected chi connectivity index (χ3v) is 3.32. The predicted molar refractivity (Wildman–Crippen MR) is 76.2 cm³/mol. The van der Waals surface area contributed by atoms with Crippen LogP contribution in [0, 0.1) is 5.82 Å². The molecule has 0 saturated heterocycles. The van der Waals surface area contributed by atoms with Gasteiger partial charge < -0.3 is 11.1 Å². The van der Waals surface area contributed by atoms with Crippen LogP contribution in [0.4, 0.5) is 10.1 Å². The molecule has 0 amide bonds. The van der Waals surface area contributed by atoms with E-state index in [1.165, 1.54) is 37.8 Å². The van der Waals surface area contributed by atoms with Gasteiger partial charge in [0.1, 0.15) is 5.82 Å². The molecule has 1 atom stereocenters. The highest BCUT2D eigenvalue weighted by Gasteiger charge is 2.21. The summed E-state index contributed by atoms with van der Waals surface area (Å²) in [7, 11) is 0. The van der Waals surface area contributed by atoms with Crippen molar-refractivity contribution in [1.29, 1.82) is 0 Å². The van der Waals surface area contributed by atoms with Gasteiger partial charge in [0.25, 0.3) is 0 Å². The van der Waals surface area contributed by atoms with Gasteiger partial charge in [0, 0.05) is 17.8 Å². The highest BCUT2D eigenvalue weighted by atomic mass is 19.1. The molecule has 0 aliphatic rings. The lowest BCUT2D eigenvalue weighted by atomic mass is 9.93. The largest absolute Gasteiger partial charge is 0.379 e. The van der Waals surface area contributed by atoms with Crippen LogP contribution in [0.3, 0.4) is 0 Å². The fourth-order valence-electron chi connectivity index (χ4n) is 2.04. The highest BCUT2D eigenvalue weighted by molar-refractivity contribution is 5.45. The van der Waals surface area contributed by atoms with Crippen LogP contribution in [0.15, 0.2) is 24.3 Å². The van der Waals surface area contributed by atoms with Crippen LogP contribution < -0.4 is 11.1 Å². The van der Waals surface area contributed by atoms with E-state index in [9.17, 15) is 4.39 Å². The number of nitrogens with one attached hydrogen (secondary N) is 1. The minimum Gasteiger partial charge on any atom is -0.379 e. The maximum Gasteiger partial charge on any atom is 0.123 e. The zero-order valence-electron chi connectivity index (χ0n) is 11.5. The summed E-state index contributed by atoms with van der Waals surface area (Å²) in [6, 6.07) is 6.46. The van der Waals surface area contributed by atoms with Crippen molar-refractivity contribution in [1.82, 2.24) is 0 Å². The van der Waals surface area contributed by atoms with Gasteiger partial charge in [-0.1, -0.05) is 32.6 Å². The van der Waals surface area contributed by atoms with Crippen LogP contribution in [-0.2, 0) is 0 Å². The van der Waals surface area contributed by atoms with E-state index in [1.807, 2.05) is 0 Å². The maximum absolute atomic E-state index is 12.8. The Morgan fingerprint density at radius 2 is 1.83 bits per heavy atom. The summed E-state index contributed by atoms with van der Waals surface area (Å²) in [5.41, 5.74) is 6.69. The van der Waals surface area contributed by atoms with E-state index in [1.54, 1.807) is 12.1 Å². The van der Waals surface area contributed by atoms with Crippen molar-refractivity contribution in [3.8, 4) is 0 Å². The minimum absolute atomic E-state index is 0.106. The van der Waals surface area contributed by atoms with E-state index < -0.39 is 0 Å². The first-order valence-corrected chi connectivity index (χ1v) is 6.83. The van der Waals surface area contributed by atoms with Gasteiger partial charge in [0.05, 0.1) is 0 Å². The van der Waals surface area contributed by atoms with Gasteiger partial charge >= 0.3 is 0 Å². The molecule has 18 heavy (non-hydrogen) atoms. The molecule has 0 spiro atoms. The molecule has 3 N–H and O–H groups in total. The second kappa shape index (κ2) is 7.37. The Balaban J connectivity index is 2.50. The van der Waals surface area contributed by atoms with Crippen molar-refractivity contribution in [2.75, 3.05) is 11.9 Å². The topological polar surface area (TPSA) is 38.0 Å². The molecule has 0 aromatic heterocycles. The third kappa shape index (κ3) is 5.05. The second-order valence-electron chi connectivity index (χ2n) is 5.21. The standard InChI is InChI=1S/C15H25FN2/c1-3-4-5-6-11-15(2,12-17)18-14-9-7-13(16)8-10-14/h7-10,18H,3-6,11-12,17H2,1-2H3. The average molecular weight is 252 g/mol. The summed E-state index contributed by atoms with van der Waals surface area (Å²) in [4.78, 5) is 0. The van der Waals surface area contributed by atoms with Gasteiger partial charge in [-0.05, 0) is 37.6 Å². The van der Waals surface area contributed by atoms with Crippen molar-refractivity contribution in [2.45, 2.75) is 51.5 Å². The molecule has 1 rings (SSSR count). The van der Waals surface area contributed by atoms with E-state index in [0.29, 0.717) is 6.54 Å². The smallest absolute Gasteiger partial charge is 0.123 e. The minimum atomic E-state index is -0.210. The summed E-state index contributed by atoms with van der Waals surface area (Å²) >= 11 is 0. The molecule has 1 unspecified atom stereocenters. The Bertz CT molecular complexity index is 337. The number of anilines is 1. The van der Waals surface area contributed by atoms with Gasteiger partial charge in [-0.15, -0.1) is 0 Å². The van der Waals surface area contributed by atoms with Crippen LogP contribution in [0.2, 0.25) is 0 Å². The third-order valence-electron chi connectivity index (χ3n) is 3.32. The fraction of sp³-hybridized carbons (Fsp3) is 0.600. The normalized spacial score (nSPS) is 14.2. The van der Waals surface area contributed by atoms with Crippen LogP contribution in [0.25, 0.3) is 0 Å². The molecule has 0 radical (unpaired) electrons. The van der Waals surface area contributed by atoms with E-state index in [0.717, 1.165) is 12.1 Å². The van der Waals surface area contributed by atoms with E-state index in [-0.39, 0.29) is 11.4 Å². The number of benzene rings is 1. The van der Waals surface area contributed by atoms with Crippen LogP contribution in [-0.4, -0.2) is 12.1 Å². The van der Waals surface area contributed by atoms with Crippen molar-refractivity contribution < 1.29 is 4.39 Å². The van der Waals surface area contributed by atoms with Gasteiger partial charge in [0.15, 0.2) is 0 Å². The van der Waals surface area contributed by atoms with Crippen LogP contribution in [0.1, 0.15) is 46.0 Å². The number of hydrogen-bond donors (Lipinski definition) is 2. The van der Waals surface area contributed by atoms with Gasteiger partial charge in [0.2, 0.25) is 0 Å². The Morgan fingerprint density at radius 3 is 2.39 bits per heavy atom. The Kier molecular flexibility index (Phi) is 6.13. The molecule has 0 heterocycles. The van der Waals surface area contributed by atoms with E-state index >= 15 is 0 Å². The fourth-order valence-corrected chi connectivity index (χ4v) is 2.04. The lowest BCUT2D eigenvalue weighted by molar-refractivity contribution is 0.451. The molecular formula is C15H25FN2. The van der Waals surface area contributed by atoms with Crippen molar-refractivity contribution in [3.63, 3.8) is 0 Å². The number of nitrogens with two attached hydrogens (primary N) is 1. The zero-order valence-corrected chi connectivity index (χ0v) is 11.5. The highest BCUT2D eigenvalue weighted by Crippen LogP contribution is 2.21. The zero-order chi connectivity index (χ0) is 13.4. The lowest BCUT2D eigenvalue weighted by Gasteiger charge is -2.30.